The van der Waals surface area contributed by atoms with E-state index in [2.05, 4.69) is 20.9 Å². The number of aliphatic hydroxyl groups is 1. The van der Waals surface area contributed by atoms with E-state index in [-0.39, 0.29) is 5.01 Å². The lowest BCUT2D eigenvalue weighted by Gasteiger charge is -2.25. The molecule has 0 aliphatic heterocycles. The summed E-state index contributed by atoms with van der Waals surface area (Å²) in [7, 11) is 0. The second kappa shape index (κ2) is 3.01. The summed E-state index contributed by atoms with van der Waals surface area (Å²) in [4.78, 5) is 0.250. The molecule has 0 saturated carbocycles. The molecule has 68 valence electrons. The van der Waals surface area contributed by atoms with Crippen molar-refractivity contribution in [1.82, 2.24) is 4.98 Å². The van der Waals surface area contributed by atoms with E-state index in [9.17, 15) is 13.9 Å². The van der Waals surface area contributed by atoms with Gasteiger partial charge in [-0.3, -0.25) is 0 Å². The van der Waals surface area contributed by atoms with Crippen molar-refractivity contribution in [1.29, 1.82) is 0 Å². The first-order chi connectivity index (χ1) is 5.36. The van der Waals surface area contributed by atoms with E-state index in [1.165, 1.54) is 11.6 Å². The van der Waals surface area contributed by atoms with Crippen LogP contribution in [0.2, 0.25) is 0 Å². The van der Waals surface area contributed by atoms with Gasteiger partial charge < -0.3 is 5.11 Å². The van der Waals surface area contributed by atoms with Gasteiger partial charge in [-0.1, -0.05) is 0 Å². The fourth-order valence-electron chi connectivity index (χ4n) is 0.585. The van der Waals surface area contributed by atoms with Gasteiger partial charge in [0.1, 0.15) is 5.01 Å². The first kappa shape index (κ1) is 10.0. The Morgan fingerprint density at radius 2 is 2.25 bits per heavy atom. The predicted molar refractivity (Wildman–Crippen MR) is 45.6 cm³/mol. The summed E-state index contributed by atoms with van der Waals surface area (Å²) in [6, 6.07) is 0. The van der Waals surface area contributed by atoms with Crippen LogP contribution in [0.15, 0.2) is 11.6 Å². The van der Waals surface area contributed by atoms with Crippen LogP contribution in [0.1, 0.15) is 11.9 Å². The number of hydrogen-bond donors (Lipinski definition) is 1. The maximum absolute atomic E-state index is 12.7. The smallest absolute Gasteiger partial charge is 0.335 e. The zero-order valence-corrected chi connectivity index (χ0v) is 8.49. The maximum atomic E-state index is 12.7. The third kappa shape index (κ3) is 1.65. The molecule has 1 rings (SSSR count). The van der Waals surface area contributed by atoms with Crippen molar-refractivity contribution in [2.24, 2.45) is 0 Å². The number of hydrogen-bond acceptors (Lipinski definition) is 3. The molecular weight excluding hydrogens is 252 g/mol. The van der Waals surface area contributed by atoms with E-state index in [0.717, 1.165) is 18.3 Å². The molecule has 0 fully saturated rings. The van der Waals surface area contributed by atoms with Crippen LogP contribution < -0.4 is 0 Å². The van der Waals surface area contributed by atoms with Gasteiger partial charge in [0.25, 0.3) is 0 Å². The zero-order valence-electron chi connectivity index (χ0n) is 6.09. The van der Waals surface area contributed by atoms with Gasteiger partial charge in [0.15, 0.2) is 5.60 Å². The Morgan fingerprint density at radius 1 is 1.67 bits per heavy atom. The van der Waals surface area contributed by atoms with Gasteiger partial charge in [0.2, 0.25) is 0 Å². The topological polar surface area (TPSA) is 33.1 Å². The monoisotopic (exact) mass is 257 g/mol. The normalized spacial score (nSPS) is 17.4. The van der Waals surface area contributed by atoms with E-state index in [0.29, 0.717) is 0 Å². The van der Waals surface area contributed by atoms with Crippen LogP contribution in [0.3, 0.4) is 0 Å². The van der Waals surface area contributed by atoms with Crippen LogP contribution in [0.25, 0.3) is 0 Å². The van der Waals surface area contributed by atoms with Gasteiger partial charge in [-0.15, -0.1) is 11.3 Å². The summed E-state index contributed by atoms with van der Waals surface area (Å²) >= 11 is 3.09. The Balaban J connectivity index is 3.02. The summed E-state index contributed by atoms with van der Waals surface area (Å²) in [6.07, 6.45) is 1.37. The SMILES string of the molecule is CC(O)(c1nccs1)C(F)(F)Br. The molecule has 0 radical (unpaired) electrons. The Labute approximate surface area is 80.4 Å². The van der Waals surface area contributed by atoms with Crippen LogP contribution >= 0.6 is 27.3 Å². The molecule has 0 aliphatic rings. The summed E-state index contributed by atoms with van der Waals surface area (Å²) in [5, 5.41) is 10.9. The highest BCUT2D eigenvalue weighted by Gasteiger charge is 2.50. The van der Waals surface area contributed by atoms with Crippen molar-refractivity contribution in [3.63, 3.8) is 0 Å². The van der Waals surface area contributed by atoms with Crippen molar-refractivity contribution in [3.05, 3.63) is 16.6 Å². The molecule has 0 aromatic carbocycles. The van der Waals surface area contributed by atoms with Crippen molar-refractivity contribution >= 4 is 27.3 Å². The van der Waals surface area contributed by atoms with E-state index >= 15 is 0 Å². The minimum atomic E-state index is -3.36. The fourth-order valence-corrected chi connectivity index (χ4v) is 1.63. The van der Waals surface area contributed by atoms with Gasteiger partial charge in [0.05, 0.1) is 0 Å². The molecule has 2 nitrogen and oxygen atoms in total. The molecule has 1 heterocycles. The standard InChI is InChI=1S/C6H6BrF2NOS/c1-5(11,6(7,8)9)4-10-2-3-12-4/h2-3,11H,1H3. The van der Waals surface area contributed by atoms with Crippen molar-refractivity contribution in [2.75, 3.05) is 0 Å². The number of thiazole rings is 1. The zero-order chi connectivity index (χ0) is 9.41. The number of halogens is 3. The maximum Gasteiger partial charge on any atom is 0.335 e. The van der Waals surface area contributed by atoms with E-state index in [1.54, 1.807) is 0 Å². The molecule has 0 bridgehead atoms. The Hall–Kier alpha value is -0.0700. The number of nitrogens with zero attached hydrogens (tertiary/aromatic N) is 1. The predicted octanol–water partition coefficient (Wildman–Crippen LogP) is 2.34. The minimum Gasteiger partial charge on any atom is -0.376 e. The summed E-state index contributed by atoms with van der Waals surface area (Å²) in [5.41, 5.74) is -2.25. The molecule has 1 atom stereocenters. The Bertz CT molecular complexity index is 257. The van der Waals surface area contributed by atoms with Crippen molar-refractivity contribution < 1.29 is 13.9 Å². The van der Waals surface area contributed by atoms with Crippen LogP contribution in [-0.4, -0.2) is 14.9 Å². The average Bonchev–Trinajstić information content (AvgIpc) is 2.34. The first-order valence-electron chi connectivity index (χ1n) is 3.05. The average molecular weight is 258 g/mol. The van der Waals surface area contributed by atoms with Gasteiger partial charge in [-0.05, 0) is 22.9 Å². The summed E-state index contributed by atoms with van der Waals surface area (Å²) < 4.78 is 25.4. The lowest BCUT2D eigenvalue weighted by atomic mass is 10.1. The highest BCUT2D eigenvalue weighted by atomic mass is 79.9. The molecule has 1 unspecified atom stereocenters. The van der Waals surface area contributed by atoms with Gasteiger partial charge >= 0.3 is 4.83 Å². The fraction of sp³-hybridized carbons (Fsp3) is 0.500. The Morgan fingerprint density at radius 3 is 2.58 bits per heavy atom. The summed E-state index contributed by atoms with van der Waals surface area (Å²) in [5.74, 6) is 0. The number of rotatable bonds is 2. The molecule has 1 N–H and O–H groups in total. The third-order valence-corrected chi connectivity index (χ3v) is 3.16. The first-order valence-corrected chi connectivity index (χ1v) is 4.72. The number of aromatic nitrogens is 1. The highest BCUT2D eigenvalue weighted by Crippen LogP contribution is 2.42. The highest BCUT2D eigenvalue weighted by molar-refractivity contribution is 9.10. The minimum absolute atomic E-state index is 0.00984. The molecular formula is C6H6BrF2NOS. The van der Waals surface area contributed by atoms with Crippen molar-refractivity contribution in [3.8, 4) is 0 Å². The summed E-state index contributed by atoms with van der Waals surface area (Å²) in [6.45, 7) is 1.01. The van der Waals surface area contributed by atoms with E-state index in [4.69, 9.17) is 0 Å². The molecule has 1 aromatic rings. The van der Waals surface area contributed by atoms with Crippen LogP contribution in [0, 0.1) is 0 Å². The molecule has 12 heavy (non-hydrogen) atoms. The second-order valence-corrected chi connectivity index (χ2v) is 4.30. The van der Waals surface area contributed by atoms with E-state index < -0.39 is 10.4 Å². The van der Waals surface area contributed by atoms with Crippen LogP contribution in [-0.2, 0) is 5.60 Å². The van der Waals surface area contributed by atoms with E-state index in [1.807, 2.05) is 0 Å². The molecule has 0 saturated heterocycles. The second-order valence-electron chi connectivity index (χ2n) is 2.41. The lowest BCUT2D eigenvalue weighted by Crippen LogP contribution is -2.37. The molecule has 0 amide bonds. The molecule has 6 heteroatoms. The van der Waals surface area contributed by atoms with Crippen molar-refractivity contribution in [2.45, 2.75) is 17.4 Å². The van der Waals surface area contributed by atoms with Crippen LogP contribution in [0.5, 0.6) is 0 Å². The third-order valence-electron chi connectivity index (χ3n) is 1.40. The Kier molecular flexibility index (Phi) is 2.51. The van der Waals surface area contributed by atoms with Crippen LogP contribution in [0.4, 0.5) is 8.78 Å². The molecule has 0 spiro atoms. The molecule has 0 aliphatic carbocycles. The van der Waals surface area contributed by atoms with Gasteiger partial charge in [-0.25, -0.2) is 4.98 Å². The quantitative estimate of drug-likeness (QED) is 0.826. The largest absolute Gasteiger partial charge is 0.376 e. The van der Waals surface area contributed by atoms with Gasteiger partial charge in [0, 0.05) is 11.6 Å². The molecule has 1 aromatic heterocycles. The van der Waals surface area contributed by atoms with Gasteiger partial charge in [-0.2, -0.15) is 8.78 Å². The lowest BCUT2D eigenvalue weighted by molar-refractivity contribution is -0.109. The number of alkyl halides is 3.